The van der Waals surface area contributed by atoms with E-state index in [1.165, 1.54) is 30.0 Å². The van der Waals surface area contributed by atoms with Crippen molar-refractivity contribution < 1.29 is 19.2 Å². The summed E-state index contributed by atoms with van der Waals surface area (Å²) < 4.78 is 4.85. The molecule has 0 saturated carbocycles. The van der Waals surface area contributed by atoms with Crippen LogP contribution in [0.2, 0.25) is 5.02 Å². The maximum absolute atomic E-state index is 11.8. The summed E-state index contributed by atoms with van der Waals surface area (Å²) in [5.41, 5.74) is -0.346. The molecular weight excluding hydrogens is 388 g/mol. The zero-order chi connectivity index (χ0) is 18.2. The van der Waals surface area contributed by atoms with Crippen molar-refractivity contribution in [3.63, 3.8) is 0 Å². The molecule has 1 heterocycles. The van der Waals surface area contributed by atoms with E-state index in [-0.39, 0.29) is 22.2 Å². The molecule has 0 saturated heterocycles. The molecule has 1 N–H and O–H groups in total. The number of halogens is 1. The van der Waals surface area contributed by atoms with Crippen LogP contribution in [0.5, 0.6) is 0 Å². The molecule has 0 radical (unpaired) electrons. The Labute approximate surface area is 156 Å². The van der Waals surface area contributed by atoms with Crippen molar-refractivity contribution in [2.24, 2.45) is 0 Å². The Balaban J connectivity index is 1.77. The molecule has 2 aromatic rings. The van der Waals surface area contributed by atoms with Gasteiger partial charge < -0.3 is 10.1 Å². The van der Waals surface area contributed by atoms with Crippen LogP contribution in [-0.4, -0.2) is 29.2 Å². The second-order valence-corrected chi connectivity index (χ2v) is 7.15. The Bertz CT molecular complexity index is 767. The molecule has 7 nitrogen and oxygen atoms in total. The summed E-state index contributed by atoms with van der Waals surface area (Å²) in [4.78, 5) is 34.8. The summed E-state index contributed by atoms with van der Waals surface area (Å²) in [6.45, 7) is -0.526. The van der Waals surface area contributed by atoms with Crippen LogP contribution in [0.1, 0.15) is 4.88 Å². The predicted octanol–water partition coefficient (Wildman–Crippen LogP) is 3.72. The Morgan fingerprint density at radius 2 is 2.16 bits per heavy atom. The van der Waals surface area contributed by atoms with Gasteiger partial charge in [0.2, 0.25) is 0 Å². The summed E-state index contributed by atoms with van der Waals surface area (Å²) >= 11 is 8.75. The fourth-order valence-electron chi connectivity index (χ4n) is 1.77. The number of esters is 1. The lowest BCUT2D eigenvalue weighted by molar-refractivity contribution is -0.383. The van der Waals surface area contributed by atoms with E-state index in [9.17, 15) is 19.7 Å². The van der Waals surface area contributed by atoms with Crippen LogP contribution in [0.3, 0.4) is 0 Å². The predicted molar refractivity (Wildman–Crippen MR) is 98.2 cm³/mol. The molecule has 1 aromatic carbocycles. The highest BCUT2D eigenvalue weighted by Crippen LogP contribution is 2.27. The molecule has 0 spiro atoms. The van der Waals surface area contributed by atoms with Gasteiger partial charge in [-0.2, -0.15) is 0 Å². The molecule has 132 valence electrons. The standard InChI is InChI=1S/C15H13ClN2O5S2/c16-10-3-4-13(18(21)22)12(6-10)17-14(19)7-23-15(20)9-24-8-11-2-1-5-25-11/h1-6H,7-9H2,(H,17,19). The van der Waals surface area contributed by atoms with E-state index in [2.05, 4.69) is 5.32 Å². The Kier molecular flexibility index (Phi) is 7.23. The van der Waals surface area contributed by atoms with Crippen molar-refractivity contribution in [1.29, 1.82) is 0 Å². The van der Waals surface area contributed by atoms with E-state index in [1.807, 2.05) is 17.5 Å². The minimum Gasteiger partial charge on any atom is -0.455 e. The van der Waals surface area contributed by atoms with Crippen LogP contribution in [0.4, 0.5) is 11.4 Å². The highest BCUT2D eigenvalue weighted by Gasteiger charge is 2.17. The molecule has 10 heteroatoms. The van der Waals surface area contributed by atoms with Gasteiger partial charge in [0.25, 0.3) is 11.6 Å². The molecule has 0 aliphatic carbocycles. The van der Waals surface area contributed by atoms with Gasteiger partial charge in [-0.3, -0.25) is 19.7 Å². The Hall–Kier alpha value is -2.10. The summed E-state index contributed by atoms with van der Waals surface area (Å²) in [6.07, 6.45) is 0. The van der Waals surface area contributed by atoms with E-state index >= 15 is 0 Å². The number of nitro groups is 1. The second kappa shape index (κ2) is 9.40. The largest absolute Gasteiger partial charge is 0.455 e. The molecule has 0 aliphatic rings. The molecule has 0 aliphatic heterocycles. The van der Waals surface area contributed by atoms with Crippen LogP contribution in [0.15, 0.2) is 35.7 Å². The number of thiophene rings is 1. The number of nitro benzene ring substituents is 1. The van der Waals surface area contributed by atoms with Crippen LogP contribution in [0, 0.1) is 10.1 Å². The molecule has 0 bridgehead atoms. The zero-order valence-electron chi connectivity index (χ0n) is 12.8. The van der Waals surface area contributed by atoms with Gasteiger partial charge in [0, 0.05) is 21.7 Å². The maximum Gasteiger partial charge on any atom is 0.316 e. The van der Waals surface area contributed by atoms with Gasteiger partial charge in [0.1, 0.15) is 5.69 Å². The van der Waals surface area contributed by atoms with E-state index in [4.69, 9.17) is 16.3 Å². The Morgan fingerprint density at radius 3 is 2.84 bits per heavy atom. The highest BCUT2D eigenvalue weighted by atomic mass is 35.5. The third kappa shape index (κ3) is 6.37. The van der Waals surface area contributed by atoms with E-state index in [1.54, 1.807) is 11.3 Å². The molecule has 2 rings (SSSR count). The van der Waals surface area contributed by atoms with Crippen molar-refractivity contribution in [3.8, 4) is 0 Å². The summed E-state index contributed by atoms with van der Waals surface area (Å²) in [5, 5.41) is 15.4. The number of thioether (sulfide) groups is 1. The number of amides is 1. The number of hydrogen-bond donors (Lipinski definition) is 1. The number of nitrogens with one attached hydrogen (secondary N) is 1. The van der Waals surface area contributed by atoms with Crippen LogP contribution < -0.4 is 5.32 Å². The number of carbonyl (C=O) groups excluding carboxylic acids is 2. The lowest BCUT2D eigenvalue weighted by atomic mass is 10.2. The normalized spacial score (nSPS) is 10.3. The first-order chi connectivity index (χ1) is 12.0. The molecule has 25 heavy (non-hydrogen) atoms. The Morgan fingerprint density at radius 1 is 1.36 bits per heavy atom. The third-order valence-corrected chi connectivity index (χ3v) is 5.09. The van der Waals surface area contributed by atoms with Gasteiger partial charge in [0.05, 0.1) is 10.7 Å². The topological polar surface area (TPSA) is 98.5 Å². The lowest BCUT2D eigenvalue weighted by Crippen LogP contribution is -2.22. The SMILES string of the molecule is O=C(COC(=O)CSCc1cccs1)Nc1cc(Cl)ccc1[N+](=O)[O-]. The number of benzene rings is 1. The molecule has 1 aromatic heterocycles. The van der Waals surface area contributed by atoms with E-state index in [0.29, 0.717) is 5.75 Å². The zero-order valence-corrected chi connectivity index (χ0v) is 15.2. The van der Waals surface area contributed by atoms with Crippen molar-refractivity contribution in [2.45, 2.75) is 5.75 Å². The number of carbonyl (C=O) groups is 2. The fourth-order valence-corrected chi connectivity index (χ4v) is 3.60. The first-order valence-electron chi connectivity index (χ1n) is 6.95. The van der Waals surface area contributed by atoms with Gasteiger partial charge in [-0.05, 0) is 23.6 Å². The van der Waals surface area contributed by atoms with E-state index < -0.39 is 23.4 Å². The second-order valence-electron chi connectivity index (χ2n) is 4.70. The minimum absolute atomic E-state index is 0.0504. The summed E-state index contributed by atoms with van der Waals surface area (Å²) in [6, 6.07) is 7.69. The maximum atomic E-state index is 11.8. The van der Waals surface area contributed by atoms with Gasteiger partial charge in [-0.25, -0.2) is 0 Å². The molecule has 0 atom stereocenters. The number of hydrogen-bond acceptors (Lipinski definition) is 7. The number of rotatable bonds is 8. The number of nitrogens with zero attached hydrogens (tertiary/aromatic N) is 1. The van der Waals surface area contributed by atoms with Crippen LogP contribution in [0.25, 0.3) is 0 Å². The van der Waals surface area contributed by atoms with Crippen molar-refractivity contribution in [1.82, 2.24) is 0 Å². The number of anilines is 1. The van der Waals surface area contributed by atoms with Crippen molar-refractivity contribution in [2.75, 3.05) is 17.7 Å². The molecular formula is C15H13ClN2O5S2. The van der Waals surface area contributed by atoms with Crippen molar-refractivity contribution >= 4 is 58.0 Å². The smallest absolute Gasteiger partial charge is 0.316 e. The summed E-state index contributed by atoms with van der Waals surface area (Å²) in [5.74, 6) is -0.407. The molecule has 0 fully saturated rings. The number of ether oxygens (including phenoxy) is 1. The third-order valence-electron chi connectivity index (χ3n) is 2.84. The lowest BCUT2D eigenvalue weighted by Gasteiger charge is -2.07. The van der Waals surface area contributed by atoms with Gasteiger partial charge in [-0.1, -0.05) is 17.7 Å². The average Bonchev–Trinajstić information content (AvgIpc) is 3.06. The first-order valence-corrected chi connectivity index (χ1v) is 9.36. The summed E-state index contributed by atoms with van der Waals surface area (Å²) in [7, 11) is 0. The van der Waals surface area contributed by atoms with Gasteiger partial charge in [-0.15, -0.1) is 23.1 Å². The van der Waals surface area contributed by atoms with Crippen LogP contribution >= 0.6 is 34.7 Å². The van der Waals surface area contributed by atoms with Crippen LogP contribution in [-0.2, 0) is 20.1 Å². The van der Waals surface area contributed by atoms with Gasteiger partial charge in [0.15, 0.2) is 6.61 Å². The van der Waals surface area contributed by atoms with Crippen molar-refractivity contribution in [3.05, 3.63) is 55.7 Å². The average molecular weight is 401 g/mol. The molecule has 1 amide bonds. The quantitative estimate of drug-likeness (QED) is 0.412. The van der Waals surface area contributed by atoms with Gasteiger partial charge >= 0.3 is 5.97 Å². The minimum atomic E-state index is -0.679. The van der Waals surface area contributed by atoms with E-state index in [0.717, 1.165) is 4.88 Å². The fraction of sp³-hybridized carbons (Fsp3) is 0.200. The highest BCUT2D eigenvalue weighted by molar-refractivity contribution is 7.99. The molecule has 0 unspecified atom stereocenters. The first kappa shape index (κ1) is 19.2. The monoisotopic (exact) mass is 400 g/mol.